The minimum absolute atomic E-state index is 0.409. The minimum Gasteiger partial charge on any atom is -0.453 e. The quantitative estimate of drug-likeness (QED) is 0.857. The number of hydrogen-bond donors (Lipinski definition) is 1. The van der Waals surface area contributed by atoms with Gasteiger partial charge in [0, 0.05) is 17.3 Å². The van der Waals surface area contributed by atoms with Crippen molar-refractivity contribution in [2.75, 3.05) is 7.11 Å². The maximum Gasteiger partial charge on any atom is 0.413 e. The van der Waals surface area contributed by atoms with Crippen molar-refractivity contribution >= 4 is 29.3 Å². The fourth-order valence-electron chi connectivity index (χ4n) is 2.03. The van der Waals surface area contributed by atoms with Gasteiger partial charge in [-0.2, -0.15) is 0 Å². The number of nitrogens with one attached hydrogen (secondary N) is 1. The van der Waals surface area contributed by atoms with Gasteiger partial charge >= 0.3 is 12.1 Å². The summed E-state index contributed by atoms with van der Waals surface area (Å²) < 4.78 is 11.4. The molecule has 7 nitrogen and oxygen atoms in total. The molecule has 8 heteroatoms. The van der Waals surface area contributed by atoms with E-state index in [1.54, 1.807) is 0 Å². The fourth-order valence-corrected chi connectivity index (χ4v) is 3.14. The summed E-state index contributed by atoms with van der Waals surface area (Å²) in [5, 5.41) is 2.69. The second-order valence-electron chi connectivity index (χ2n) is 5.08. The van der Waals surface area contributed by atoms with Gasteiger partial charge in [0.25, 0.3) is 5.91 Å². The van der Waals surface area contributed by atoms with Gasteiger partial charge in [-0.1, -0.05) is 0 Å². The Labute approximate surface area is 143 Å². The molecule has 0 saturated heterocycles. The standard InChI is InChI=1S/C16H18N2O5S/c1-9-11(3)24-14(18-7-5-6-8-18)12(9)15(20)23-10(2)13(19)17-16(21)22-4/h5-8,10H,1-4H3,(H,17,19,21)/t10-/m0/s1. The molecule has 2 aromatic heterocycles. The molecule has 1 atom stereocenters. The number of nitrogens with zero attached hydrogens (tertiary/aromatic N) is 1. The number of hydrogen-bond acceptors (Lipinski definition) is 6. The molecular weight excluding hydrogens is 332 g/mol. The Morgan fingerprint density at radius 3 is 2.42 bits per heavy atom. The lowest BCUT2D eigenvalue weighted by atomic mass is 10.1. The summed E-state index contributed by atoms with van der Waals surface area (Å²) in [4.78, 5) is 36.4. The highest BCUT2D eigenvalue weighted by molar-refractivity contribution is 7.15. The Balaban J connectivity index is 2.21. The zero-order chi connectivity index (χ0) is 17.9. The van der Waals surface area contributed by atoms with Gasteiger partial charge in [0.05, 0.1) is 12.7 Å². The number of imide groups is 1. The van der Waals surface area contributed by atoms with E-state index in [0.29, 0.717) is 5.56 Å². The summed E-state index contributed by atoms with van der Waals surface area (Å²) >= 11 is 1.46. The van der Waals surface area contributed by atoms with Crippen LogP contribution in [0.15, 0.2) is 24.5 Å². The predicted octanol–water partition coefficient (Wildman–Crippen LogP) is 2.58. The van der Waals surface area contributed by atoms with Crippen molar-refractivity contribution in [3.05, 3.63) is 40.5 Å². The van der Waals surface area contributed by atoms with Crippen LogP contribution in [0.3, 0.4) is 0 Å². The molecule has 1 N–H and O–H groups in total. The number of amides is 2. The Kier molecular flexibility index (Phi) is 5.40. The average Bonchev–Trinajstić information content (AvgIpc) is 3.16. The number of carbonyl (C=O) groups excluding carboxylic acids is 3. The molecule has 0 fully saturated rings. The molecule has 24 heavy (non-hydrogen) atoms. The van der Waals surface area contributed by atoms with Crippen LogP contribution < -0.4 is 5.32 Å². The largest absolute Gasteiger partial charge is 0.453 e. The fraction of sp³-hybridized carbons (Fsp3) is 0.312. The summed E-state index contributed by atoms with van der Waals surface area (Å²) in [6.45, 7) is 5.13. The zero-order valence-electron chi connectivity index (χ0n) is 13.8. The Bertz CT molecular complexity index is 764. The van der Waals surface area contributed by atoms with E-state index in [2.05, 4.69) is 4.74 Å². The second-order valence-corrected chi connectivity index (χ2v) is 6.29. The van der Waals surface area contributed by atoms with Crippen molar-refractivity contribution in [3.8, 4) is 5.00 Å². The number of ether oxygens (including phenoxy) is 2. The smallest absolute Gasteiger partial charge is 0.413 e. The van der Waals surface area contributed by atoms with Crippen LogP contribution in [0, 0.1) is 13.8 Å². The summed E-state index contributed by atoms with van der Waals surface area (Å²) in [6.07, 6.45) is 1.62. The monoisotopic (exact) mass is 350 g/mol. The third kappa shape index (κ3) is 3.65. The normalized spacial score (nSPS) is 11.7. The number of rotatable bonds is 4. The summed E-state index contributed by atoms with van der Waals surface area (Å²) in [5.74, 6) is -1.37. The number of carbonyl (C=O) groups is 3. The van der Waals surface area contributed by atoms with E-state index in [0.717, 1.165) is 22.6 Å². The van der Waals surface area contributed by atoms with Gasteiger partial charge < -0.3 is 14.0 Å². The maximum absolute atomic E-state index is 12.5. The molecule has 2 heterocycles. The van der Waals surface area contributed by atoms with Crippen molar-refractivity contribution in [2.24, 2.45) is 0 Å². The number of aryl methyl sites for hydroxylation is 1. The predicted molar refractivity (Wildman–Crippen MR) is 88.5 cm³/mol. The number of methoxy groups -OCH3 is 1. The number of aromatic nitrogens is 1. The van der Waals surface area contributed by atoms with E-state index >= 15 is 0 Å². The van der Waals surface area contributed by atoms with Gasteiger partial charge in [0.2, 0.25) is 0 Å². The van der Waals surface area contributed by atoms with Crippen molar-refractivity contribution in [1.82, 2.24) is 9.88 Å². The van der Waals surface area contributed by atoms with Crippen molar-refractivity contribution < 1.29 is 23.9 Å². The van der Waals surface area contributed by atoms with Gasteiger partial charge in [-0.05, 0) is 38.5 Å². The van der Waals surface area contributed by atoms with Crippen LogP contribution in [0.25, 0.3) is 5.00 Å². The van der Waals surface area contributed by atoms with E-state index in [1.807, 2.05) is 48.3 Å². The first-order chi connectivity index (χ1) is 11.3. The number of esters is 1. The first kappa shape index (κ1) is 17.7. The summed E-state index contributed by atoms with van der Waals surface area (Å²) in [7, 11) is 1.14. The molecule has 0 aliphatic heterocycles. The molecule has 0 saturated carbocycles. The molecule has 0 bridgehead atoms. The minimum atomic E-state index is -1.13. The second kappa shape index (κ2) is 7.31. The zero-order valence-corrected chi connectivity index (χ0v) is 14.6. The molecule has 2 aromatic rings. The first-order valence-corrected chi connectivity index (χ1v) is 8.00. The molecule has 0 unspecified atom stereocenters. The Morgan fingerprint density at radius 2 is 1.83 bits per heavy atom. The van der Waals surface area contributed by atoms with Crippen LogP contribution in [0.4, 0.5) is 4.79 Å². The molecule has 0 radical (unpaired) electrons. The SMILES string of the molecule is COC(=O)NC(=O)[C@H](C)OC(=O)c1c(-n2cccc2)sc(C)c1C. The highest BCUT2D eigenvalue weighted by Gasteiger charge is 2.26. The maximum atomic E-state index is 12.5. The van der Waals surface area contributed by atoms with Gasteiger partial charge in [-0.15, -0.1) is 11.3 Å². The van der Waals surface area contributed by atoms with Crippen molar-refractivity contribution in [3.63, 3.8) is 0 Å². The van der Waals surface area contributed by atoms with Crippen LogP contribution in [-0.2, 0) is 14.3 Å². The average molecular weight is 350 g/mol. The molecule has 2 amide bonds. The lowest BCUT2D eigenvalue weighted by molar-refractivity contribution is -0.128. The van der Waals surface area contributed by atoms with Crippen molar-refractivity contribution in [1.29, 1.82) is 0 Å². The summed E-state index contributed by atoms with van der Waals surface area (Å²) in [5.41, 5.74) is 1.21. The van der Waals surface area contributed by atoms with E-state index < -0.39 is 24.1 Å². The lowest BCUT2D eigenvalue weighted by Gasteiger charge is -2.13. The van der Waals surface area contributed by atoms with Crippen LogP contribution in [0.1, 0.15) is 27.7 Å². The molecule has 2 rings (SSSR count). The number of alkyl carbamates (subject to hydrolysis) is 1. The van der Waals surface area contributed by atoms with E-state index in [1.165, 1.54) is 18.3 Å². The van der Waals surface area contributed by atoms with Gasteiger partial charge in [-0.3, -0.25) is 10.1 Å². The van der Waals surface area contributed by atoms with E-state index in [-0.39, 0.29) is 0 Å². The highest BCUT2D eigenvalue weighted by atomic mass is 32.1. The molecular formula is C16H18N2O5S. The van der Waals surface area contributed by atoms with Crippen LogP contribution in [0.5, 0.6) is 0 Å². The third-order valence-electron chi connectivity index (χ3n) is 3.47. The van der Waals surface area contributed by atoms with Crippen LogP contribution >= 0.6 is 11.3 Å². The molecule has 0 aliphatic carbocycles. The Morgan fingerprint density at radius 1 is 1.21 bits per heavy atom. The van der Waals surface area contributed by atoms with Crippen LogP contribution in [0.2, 0.25) is 0 Å². The first-order valence-electron chi connectivity index (χ1n) is 7.18. The van der Waals surface area contributed by atoms with Crippen LogP contribution in [-0.4, -0.2) is 35.8 Å². The Hall–Kier alpha value is -2.61. The van der Waals surface area contributed by atoms with Crippen molar-refractivity contribution in [2.45, 2.75) is 26.9 Å². The summed E-state index contributed by atoms with van der Waals surface area (Å²) in [6, 6.07) is 3.71. The number of thiophene rings is 1. The topological polar surface area (TPSA) is 86.6 Å². The van der Waals surface area contributed by atoms with Gasteiger partial charge in [0.15, 0.2) is 6.10 Å². The van der Waals surface area contributed by atoms with Gasteiger partial charge in [-0.25, -0.2) is 9.59 Å². The molecule has 0 spiro atoms. The molecule has 128 valence electrons. The highest BCUT2D eigenvalue weighted by Crippen LogP contribution is 2.31. The lowest BCUT2D eigenvalue weighted by Crippen LogP contribution is -2.39. The third-order valence-corrected chi connectivity index (χ3v) is 4.69. The van der Waals surface area contributed by atoms with E-state index in [9.17, 15) is 14.4 Å². The molecule has 0 aliphatic rings. The molecule has 0 aromatic carbocycles. The van der Waals surface area contributed by atoms with Gasteiger partial charge in [0.1, 0.15) is 5.00 Å². The van der Waals surface area contributed by atoms with E-state index in [4.69, 9.17) is 4.74 Å².